The summed E-state index contributed by atoms with van der Waals surface area (Å²) in [5.74, 6) is -0.624. The molecule has 0 saturated heterocycles. The smallest absolute Gasteiger partial charge is 0.257 e. The van der Waals surface area contributed by atoms with Gasteiger partial charge in [-0.15, -0.1) is 0 Å². The Morgan fingerprint density at radius 2 is 1.41 bits per heavy atom. The number of carbonyl (C=O) groups is 2. The van der Waals surface area contributed by atoms with Crippen molar-refractivity contribution in [3.05, 3.63) is 101 Å². The Balaban J connectivity index is 1.64. The lowest BCUT2D eigenvalue weighted by Crippen LogP contribution is -2.15. The average molecular weight is 491 g/mol. The topological polar surface area (TPSA) is 93.2 Å². The van der Waals surface area contributed by atoms with Gasteiger partial charge in [-0.1, -0.05) is 72.0 Å². The highest BCUT2D eigenvalue weighted by molar-refractivity contribution is 7.92. The van der Waals surface area contributed by atoms with E-state index >= 15 is 0 Å². The van der Waals surface area contributed by atoms with Gasteiger partial charge < -0.3 is 0 Å². The third-order valence-electron chi connectivity index (χ3n) is 5.20. The van der Waals surface area contributed by atoms with E-state index in [1.54, 1.807) is 38.1 Å². The van der Waals surface area contributed by atoms with Crippen LogP contribution in [-0.2, 0) is 9.84 Å². The summed E-state index contributed by atoms with van der Waals surface area (Å²) < 4.78 is 24.6. The molecule has 34 heavy (non-hydrogen) atoms. The van der Waals surface area contributed by atoms with Gasteiger partial charge in [-0.3, -0.25) is 14.9 Å². The lowest BCUT2D eigenvalue weighted by atomic mass is 10.1. The maximum Gasteiger partial charge on any atom is 0.257 e. The molecule has 1 amide bonds. The molecule has 8 heteroatoms. The van der Waals surface area contributed by atoms with Crippen LogP contribution in [0.4, 0.5) is 5.13 Å². The number of hydrogen-bond donors (Lipinski definition) is 1. The molecule has 4 rings (SSSR count). The number of carbonyl (C=O) groups excluding carboxylic acids is 2. The molecule has 0 radical (unpaired) electrons. The van der Waals surface area contributed by atoms with Gasteiger partial charge in [0, 0.05) is 16.7 Å². The number of benzene rings is 3. The highest BCUT2D eigenvalue weighted by atomic mass is 32.2. The summed E-state index contributed by atoms with van der Waals surface area (Å²) >= 11 is 1.10. The molecule has 0 atom stereocenters. The van der Waals surface area contributed by atoms with E-state index in [0.29, 0.717) is 16.1 Å². The van der Waals surface area contributed by atoms with E-state index in [0.717, 1.165) is 16.9 Å². The van der Waals surface area contributed by atoms with Gasteiger partial charge in [-0.05, 0) is 38.1 Å². The maximum atomic E-state index is 13.2. The van der Waals surface area contributed by atoms with Crippen molar-refractivity contribution in [2.24, 2.45) is 0 Å². The minimum atomic E-state index is -3.43. The van der Waals surface area contributed by atoms with E-state index < -0.39 is 21.0 Å². The van der Waals surface area contributed by atoms with E-state index in [2.05, 4.69) is 10.3 Å². The zero-order valence-electron chi connectivity index (χ0n) is 18.6. The second-order valence-corrected chi connectivity index (χ2v) is 11.3. The van der Waals surface area contributed by atoms with Crippen molar-refractivity contribution >= 4 is 38.0 Å². The van der Waals surface area contributed by atoms with Crippen LogP contribution >= 0.6 is 11.3 Å². The van der Waals surface area contributed by atoms with Crippen molar-refractivity contribution in [1.29, 1.82) is 0 Å². The number of sulfone groups is 1. The Hall–Kier alpha value is -3.62. The normalized spacial score (nSPS) is 11.4. The zero-order chi connectivity index (χ0) is 24.3. The minimum absolute atomic E-state index is 0.162. The molecule has 0 aliphatic carbocycles. The first-order valence-corrected chi connectivity index (χ1v) is 12.9. The molecule has 0 spiro atoms. The van der Waals surface area contributed by atoms with Crippen LogP contribution in [0.3, 0.4) is 0 Å². The largest absolute Gasteiger partial charge is 0.298 e. The quantitative estimate of drug-likeness (QED) is 0.347. The van der Waals surface area contributed by atoms with Crippen LogP contribution in [0.5, 0.6) is 0 Å². The van der Waals surface area contributed by atoms with E-state index in [9.17, 15) is 18.0 Å². The summed E-state index contributed by atoms with van der Waals surface area (Å²) in [5, 5.41) is 2.47. The van der Waals surface area contributed by atoms with Gasteiger partial charge in [0.05, 0.1) is 15.8 Å². The fourth-order valence-electron chi connectivity index (χ4n) is 3.28. The number of rotatable bonds is 7. The van der Waals surface area contributed by atoms with Crippen LogP contribution in [-0.4, -0.2) is 30.3 Å². The third kappa shape index (κ3) is 4.83. The number of ketones is 1. The Bertz CT molecular complexity index is 1430. The summed E-state index contributed by atoms with van der Waals surface area (Å²) in [6.45, 7) is 3.22. The van der Waals surface area contributed by atoms with Gasteiger partial charge in [0.25, 0.3) is 5.91 Å². The molecule has 0 aliphatic rings. The van der Waals surface area contributed by atoms with E-state index in [-0.39, 0.29) is 21.4 Å². The zero-order valence-corrected chi connectivity index (χ0v) is 20.2. The van der Waals surface area contributed by atoms with Crippen molar-refractivity contribution < 1.29 is 18.0 Å². The lowest BCUT2D eigenvalue weighted by molar-refractivity contribution is 0.102. The van der Waals surface area contributed by atoms with Gasteiger partial charge in [-0.2, -0.15) is 0 Å². The number of thiazole rings is 1. The number of nitrogens with zero attached hydrogens (tertiary/aromatic N) is 1. The lowest BCUT2D eigenvalue weighted by Gasteiger charge is -2.08. The molecular formula is C26H22N2O4S2. The number of aromatic nitrogens is 1. The second-order valence-electron chi connectivity index (χ2n) is 7.83. The molecule has 0 saturated carbocycles. The first kappa shape index (κ1) is 23.5. The summed E-state index contributed by atoms with van der Waals surface area (Å²) in [7, 11) is -3.43. The molecule has 0 fully saturated rings. The van der Waals surface area contributed by atoms with Crippen LogP contribution < -0.4 is 5.32 Å². The van der Waals surface area contributed by atoms with Crippen LogP contribution in [0.2, 0.25) is 0 Å². The van der Waals surface area contributed by atoms with Crippen LogP contribution in [0, 0.1) is 0 Å². The summed E-state index contributed by atoms with van der Waals surface area (Å²) in [6.07, 6.45) is 0. The Labute approximate surface area is 202 Å². The average Bonchev–Trinajstić information content (AvgIpc) is 3.28. The Morgan fingerprint density at radius 3 is 2.00 bits per heavy atom. The van der Waals surface area contributed by atoms with Crippen molar-refractivity contribution in [3.63, 3.8) is 0 Å². The van der Waals surface area contributed by atoms with Gasteiger partial charge in [0.1, 0.15) is 4.88 Å². The predicted molar refractivity (Wildman–Crippen MR) is 134 cm³/mol. The molecule has 0 unspecified atom stereocenters. The van der Waals surface area contributed by atoms with Gasteiger partial charge in [0.15, 0.2) is 15.0 Å². The Morgan fingerprint density at radius 1 is 0.824 bits per heavy atom. The molecule has 0 aliphatic heterocycles. The second kappa shape index (κ2) is 9.70. The van der Waals surface area contributed by atoms with Crippen molar-refractivity contribution in [3.8, 4) is 11.3 Å². The number of nitrogens with one attached hydrogen (secondary N) is 1. The Kier molecular flexibility index (Phi) is 6.72. The van der Waals surface area contributed by atoms with Crippen molar-refractivity contribution in [2.45, 2.75) is 24.0 Å². The molecule has 3 aromatic carbocycles. The maximum absolute atomic E-state index is 13.2. The van der Waals surface area contributed by atoms with Gasteiger partial charge in [0.2, 0.25) is 5.78 Å². The van der Waals surface area contributed by atoms with E-state index in [1.165, 1.54) is 24.3 Å². The van der Waals surface area contributed by atoms with Gasteiger partial charge >= 0.3 is 0 Å². The first-order valence-electron chi connectivity index (χ1n) is 10.6. The highest BCUT2D eigenvalue weighted by Gasteiger charge is 2.23. The van der Waals surface area contributed by atoms with Crippen LogP contribution in [0.1, 0.15) is 39.4 Å². The highest BCUT2D eigenvalue weighted by Crippen LogP contribution is 2.33. The number of amides is 1. The fraction of sp³-hybridized carbons (Fsp3) is 0.115. The van der Waals surface area contributed by atoms with Crippen LogP contribution in [0.15, 0.2) is 89.8 Å². The predicted octanol–water partition coefficient (Wildman–Crippen LogP) is 5.48. The first-order chi connectivity index (χ1) is 16.3. The molecule has 172 valence electrons. The standard InChI is InChI=1S/C26H22N2O4S2/c1-17(2)34(31,32)21-15-13-20(14-16-21)25(30)28-26-27-22(18-9-5-3-6-10-18)24(33-26)23(29)19-11-7-4-8-12-19/h3-17H,1-2H3,(H,27,28,30). The molecular weight excluding hydrogens is 468 g/mol. The molecule has 1 N–H and O–H groups in total. The third-order valence-corrected chi connectivity index (χ3v) is 8.34. The molecule has 0 bridgehead atoms. The molecule has 1 heterocycles. The minimum Gasteiger partial charge on any atom is -0.298 e. The SMILES string of the molecule is CC(C)S(=O)(=O)c1ccc(C(=O)Nc2nc(-c3ccccc3)c(C(=O)c3ccccc3)s2)cc1. The van der Waals surface area contributed by atoms with E-state index in [1.807, 2.05) is 36.4 Å². The molecule has 4 aromatic rings. The summed E-state index contributed by atoms with van der Waals surface area (Å²) in [5.41, 5.74) is 2.08. The van der Waals surface area contributed by atoms with Crippen LogP contribution in [0.25, 0.3) is 11.3 Å². The fourth-order valence-corrected chi connectivity index (χ4v) is 5.28. The van der Waals surface area contributed by atoms with Crippen molar-refractivity contribution in [1.82, 2.24) is 4.98 Å². The van der Waals surface area contributed by atoms with Crippen molar-refractivity contribution in [2.75, 3.05) is 5.32 Å². The monoisotopic (exact) mass is 490 g/mol. The summed E-state index contributed by atoms with van der Waals surface area (Å²) in [6, 6.07) is 24.0. The van der Waals surface area contributed by atoms with Gasteiger partial charge in [-0.25, -0.2) is 13.4 Å². The molecule has 1 aromatic heterocycles. The summed E-state index contributed by atoms with van der Waals surface area (Å²) in [4.78, 5) is 31.2. The molecule has 6 nitrogen and oxygen atoms in total. The number of anilines is 1. The number of hydrogen-bond acceptors (Lipinski definition) is 6. The van der Waals surface area contributed by atoms with E-state index in [4.69, 9.17) is 0 Å².